The molecule has 1 amide bonds. The fraction of sp³-hybridized carbons (Fsp3) is 0.0588. The molecule has 0 atom stereocenters. The molecule has 104 valence electrons. The van der Waals surface area contributed by atoms with Crippen molar-refractivity contribution in [3.05, 3.63) is 78.2 Å². The van der Waals surface area contributed by atoms with E-state index in [1.165, 1.54) is 0 Å². The number of nitrogens with zero attached hydrogens (tertiary/aromatic N) is 1. The lowest BCUT2D eigenvalue weighted by molar-refractivity contribution is 0.0951. The lowest BCUT2D eigenvalue weighted by Crippen LogP contribution is -2.23. The Morgan fingerprint density at radius 1 is 1.05 bits per heavy atom. The summed E-state index contributed by atoms with van der Waals surface area (Å²) in [5.41, 5.74) is 2.30. The molecule has 0 spiro atoms. The van der Waals surface area contributed by atoms with Gasteiger partial charge in [-0.05, 0) is 30.3 Å². The number of amides is 1. The predicted molar refractivity (Wildman–Crippen MR) is 79.6 cm³/mol. The van der Waals surface area contributed by atoms with Gasteiger partial charge in [0.2, 0.25) is 0 Å². The number of benzene rings is 1. The van der Waals surface area contributed by atoms with Crippen LogP contribution in [0.25, 0.3) is 11.5 Å². The van der Waals surface area contributed by atoms with Crippen molar-refractivity contribution in [1.82, 2.24) is 10.3 Å². The minimum Gasteiger partial charge on any atom is -0.463 e. The van der Waals surface area contributed by atoms with E-state index in [1.54, 1.807) is 24.6 Å². The molecule has 21 heavy (non-hydrogen) atoms. The number of carbonyl (C=O) groups excluding carboxylic acids is 1. The molecular formula is C17H14N2O2. The molecule has 0 bridgehead atoms. The zero-order chi connectivity index (χ0) is 14.5. The molecule has 2 aromatic heterocycles. The number of carbonyl (C=O) groups is 1. The van der Waals surface area contributed by atoms with Gasteiger partial charge in [0.25, 0.3) is 5.91 Å². The molecule has 0 aliphatic rings. The Balaban J connectivity index is 1.76. The lowest BCUT2D eigenvalue weighted by atomic mass is 10.1. The molecule has 0 saturated heterocycles. The topological polar surface area (TPSA) is 55.1 Å². The smallest absolute Gasteiger partial charge is 0.251 e. The Morgan fingerprint density at radius 2 is 1.90 bits per heavy atom. The SMILES string of the molecule is O=C(NCc1cccnc1-c1ccco1)c1ccccc1. The van der Waals surface area contributed by atoms with Crippen molar-refractivity contribution < 1.29 is 9.21 Å². The Morgan fingerprint density at radius 3 is 2.67 bits per heavy atom. The first-order valence-electron chi connectivity index (χ1n) is 6.65. The van der Waals surface area contributed by atoms with Crippen LogP contribution in [0.1, 0.15) is 15.9 Å². The molecule has 1 aromatic carbocycles. The van der Waals surface area contributed by atoms with Gasteiger partial charge in [-0.1, -0.05) is 24.3 Å². The van der Waals surface area contributed by atoms with E-state index < -0.39 is 0 Å². The van der Waals surface area contributed by atoms with Crippen LogP contribution in [-0.2, 0) is 6.54 Å². The van der Waals surface area contributed by atoms with Crippen LogP contribution in [0.2, 0.25) is 0 Å². The summed E-state index contributed by atoms with van der Waals surface area (Å²) >= 11 is 0. The van der Waals surface area contributed by atoms with E-state index in [0.717, 1.165) is 11.3 Å². The monoisotopic (exact) mass is 278 g/mol. The summed E-state index contributed by atoms with van der Waals surface area (Å²) in [5.74, 6) is 0.587. The van der Waals surface area contributed by atoms with Crippen molar-refractivity contribution in [2.45, 2.75) is 6.54 Å². The van der Waals surface area contributed by atoms with Gasteiger partial charge < -0.3 is 9.73 Å². The Labute approximate surface area is 122 Å². The van der Waals surface area contributed by atoms with Crippen LogP contribution in [0.5, 0.6) is 0 Å². The van der Waals surface area contributed by atoms with Crippen molar-refractivity contribution >= 4 is 5.91 Å². The Hall–Kier alpha value is -2.88. The second kappa shape index (κ2) is 6.05. The number of rotatable bonds is 4. The average Bonchev–Trinajstić information content (AvgIpc) is 3.08. The summed E-state index contributed by atoms with van der Waals surface area (Å²) < 4.78 is 5.38. The molecule has 3 aromatic rings. The van der Waals surface area contributed by atoms with Crippen LogP contribution in [0, 0.1) is 0 Å². The van der Waals surface area contributed by atoms with Gasteiger partial charge in [0.15, 0.2) is 5.76 Å². The zero-order valence-electron chi connectivity index (χ0n) is 11.3. The van der Waals surface area contributed by atoms with Gasteiger partial charge in [0, 0.05) is 23.9 Å². The zero-order valence-corrected chi connectivity index (χ0v) is 11.3. The minimum absolute atomic E-state index is 0.107. The first-order valence-corrected chi connectivity index (χ1v) is 6.65. The summed E-state index contributed by atoms with van der Waals surface area (Å²) in [6.45, 7) is 0.400. The van der Waals surface area contributed by atoms with E-state index in [9.17, 15) is 4.79 Å². The Kier molecular flexibility index (Phi) is 3.78. The van der Waals surface area contributed by atoms with Gasteiger partial charge >= 0.3 is 0 Å². The number of hydrogen-bond donors (Lipinski definition) is 1. The third-order valence-electron chi connectivity index (χ3n) is 3.12. The van der Waals surface area contributed by atoms with E-state index in [2.05, 4.69) is 10.3 Å². The van der Waals surface area contributed by atoms with Crippen LogP contribution < -0.4 is 5.32 Å². The van der Waals surface area contributed by atoms with Crippen molar-refractivity contribution in [1.29, 1.82) is 0 Å². The van der Waals surface area contributed by atoms with Gasteiger partial charge in [-0.2, -0.15) is 0 Å². The van der Waals surface area contributed by atoms with Gasteiger partial charge in [-0.25, -0.2) is 0 Å². The molecule has 4 heteroatoms. The number of furan rings is 1. The summed E-state index contributed by atoms with van der Waals surface area (Å²) in [7, 11) is 0. The van der Waals surface area contributed by atoms with E-state index in [0.29, 0.717) is 17.9 Å². The molecule has 1 N–H and O–H groups in total. The highest BCUT2D eigenvalue weighted by Crippen LogP contribution is 2.21. The molecule has 0 aliphatic heterocycles. The van der Waals surface area contributed by atoms with Gasteiger partial charge in [0.1, 0.15) is 5.69 Å². The summed E-state index contributed by atoms with van der Waals surface area (Å²) in [4.78, 5) is 16.4. The highest BCUT2D eigenvalue weighted by Gasteiger charge is 2.10. The highest BCUT2D eigenvalue weighted by molar-refractivity contribution is 5.94. The minimum atomic E-state index is -0.107. The number of hydrogen-bond acceptors (Lipinski definition) is 3. The van der Waals surface area contributed by atoms with Crippen molar-refractivity contribution in [3.63, 3.8) is 0 Å². The summed E-state index contributed by atoms with van der Waals surface area (Å²) in [6.07, 6.45) is 3.32. The predicted octanol–water partition coefficient (Wildman–Crippen LogP) is 3.27. The summed E-state index contributed by atoms with van der Waals surface area (Å²) in [5, 5.41) is 2.90. The number of aromatic nitrogens is 1. The number of pyridine rings is 1. The molecule has 0 radical (unpaired) electrons. The summed E-state index contributed by atoms with van der Waals surface area (Å²) in [6, 6.07) is 16.6. The van der Waals surface area contributed by atoms with Crippen LogP contribution in [0.3, 0.4) is 0 Å². The van der Waals surface area contributed by atoms with E-state index in [1.807, 2.05) is 42.5 Å². The third kappa shape index (κ3) is 3.00. The molecule has 0 fully saturated rings. The normalized spacial score (nSPS) is 10.3. The average molecular weight is 278 g/mol. The fourth-order valence-electron chi connectivity index (χ4n) is 2.08. The van der Waals surface area contributed by atoms with Gasteiger partial charge in [0.05, 0.1) is 6.26 Å². The van der Waals surface area contributed by atoms with E-state index >= 15 is 0 Å². The molecule has 0 aliphatic carbocycles. The van der Waals surface area contributed by atoms with Crippen LogP contribution >= 0.6 is 0 Å². The lowest BCUT2D eigenvalue weighted by Gasteiger charge is -2.08. The quantitative estimate of drug-likeness (QED) is 0.797. The fourth-order valence-corrected chi connectivity index (χ4v) is 2.08. The highest BCUT2D eigenvalue weighted by atomic mass is 16.3. The van der Waals surface area contributed by atoms with Gasteiger partial charge in [-0.3, -0.25) is 9.78 Å². The van der Waals surface area contributed by atoms with Crippen molar-refractivity contribution in [3.8, 4) is 11.5 Å². The first kappa shape index (κ1) is 13.1. The van der Waals surface area contributed by atoms with Crippen molar-refractivity contribution in [2.75, 3.05) is 0 Å². The third-order valence-corrected chi connectivity index (χ3v) is 3.12. The van der Waals surface area contributed by atoms with Gasteiger partial charge in [-0.15, -0.1) is 0 Å². The molecular weight excluding hydrogens is 264 g/mol. The van der Waals surface area contributed by atoms with Crippen LogP contribution in [0.15, 0.2) is 71.5 Å². The first-order chi connectivity index (χ1) is 10.3. The van der Waals surface area contributed by atoms with E-state index in [-0.39, 0.29) is 5.91 Å². The van der Waals surface area contributed by atoms with Crippen molar-refractivity contribution in [2.24, 2.45) is 0 Å². The maximum absolute atomic E-state index is 12.1. The number of nitrogens with one attached hydrogen (secondary N) is 1. The molecule has 0 unspecified atom stereocenters. The maximum atomic E-state index is 12.1. The molecule has 3 rings (SSSR count). The molecule has 0 saturated carbocycles. The van der Waals surface area contributed by atoms with Crippen LogP contribution in [0.4, 0.5) is 0 Å². The second-order valence-electron chi connectivity index (χ2n) is 4.54. The maximum Gasteiger partial charge on any atom is 0.251 e. The largest absolute Gasteiger partial charge is 0.463 e. The van der Waals surface area contributed by atoms with E-state index in [4.69, 9.17) is 4.42 Å². The van der Waals surface area contributed by atoms with Crippen LogP contribution in [-0.4, -0.2) is 10.9 Å². The standard InChI is InChI=1S/C17H14N2O2/c20-17(13-6-2-1-3-7-13)19-12-14-8-4-10-18-16(14)15-9-5-11-21-15/h1-11H,12H2,(H,19,20). The second-order valence-corrected chi connectivity index (χ2v) is 4.54. The Bertz CT molecular complexity index is 722. The molecule has 2 heterocycles. The molecule has 4 nitrogen and oxygen atoms in total.